The van der Waals surface area contributed by atoms with Crippen molar-refractivity contribution in [3.63, 3.8) is 0 Å². The standard InChI is InChI=1S/C25H26BrFN4O/c1-25(2)15-31(13-12-29-25)22-11-10-16(14-19(22)26)17-6-5-7-18(24(28)32)23(17)30-21-9-4-3-8-20(21)27/h3-11,14,29-30H,12-13,15H2,1-2H3,(H2,28,32). The Hall–Kier alpha value is -2.90. The van der Waals surface area contributed by atoms with E-state index in [1.54, 1.807) is 30.3 Å². The molecule has 1 aliphatic rings. The SMILES string of the molecule is CC1(C)CN(c2ccc(-c3cccc(C(N)=O)c3Nc3ccccc3F)cc2Br)CCN1. The van der Waals surface area contributed by atoms with Crippen LogP contribution in [0.3, 0.4) is 0 Å². The number of halogens is 2. The van der Waals surface area contributed by atoms with Crippen molar-refractivity contribution < 1.29 is 9.18 Å². The van der Waals surface area contributed by atoms with Gasteiger partial charge in [0.2, 0.25) is 0 Å². The van der Waals surface area contributed by atoms with Crippen LogP contribution in [-0.4, -0.2) is 31.1 Å². The van der Waals surface area contributed by atoms with Gasteiger partial charge < -0.3 is 21.3 Å². The third-order valence-electron chi connectivity index (χ3n) is 5.63. The number of anilines is 3. The number of piperazine rings is 1. The van der Waals surface area contributed by atoms with Gasteiger partial charge in [-0.1, -0.05) is 30.3 Å². The van der Waals surface area contributed by atoms with Crippen molar-refractivity contribution in [2.75, 3.05) is 29.9 Å². The normalized spacial score (nSPS) is 15.4. The molecule has 0 radical (unpaired) electrons. The number of rotatable bonds is 5. The van der Waals surface area contributed by atoms with E-state index in [1.807, 2.05) is 18.2 Å². The lowest BCUT2D eigenvalue weighted by molar-refractivity contribution is 0.100. The molecular formula is C25H26BrFN4O. The monoisotopic (exact) mass is 496 g/mol. The smallest absolute Gasteiger partial charge is 0.250 e. The van der Waals surface area contributed by atoms with Crippen LogP contribution in [0.25, 0.3) is 11.1 Å². The Morgan fingerprint density at radius 3 is 2.62 bits per heavy atom. The van der Waals surface area contributed by atoms with E-state index in [-0.39, 0.29) is 11.2 Å². The highest BCUT2D eigenvalue weighted by Gasteiger charge is 2.27. The number of benzene rings is 3. The summed E-state index contributed by atoms with van der Waals surface area (Å²) < 4.78 is 15.3. The van der Waals surface area contributed by atoms with Crippen LogP contribution in [0.4, 0.5) is 21.5 Å². The van der Waals surface area contributed by atoms with E-state index in [1.165, 1.54) is 6.07 Å². The van der Waals surface area contributed by atoms with E-state index in [9.17, 15) is 9.18 Å². The zero-order chi connectivity index (χ0) is 22.9. The Labute approximate surface area is 195 Å². The lowest BCUT2D eigenvalue weighted by atomic mass is 9.98. The average molecular weight is 497 g/mol. The number of carbonyl (C=O) groups is 1. The Balaban J connectivity index is 1.75. The van der Waals surface area contributed by atoms with Gasteiger partial charge in [-0.3, -0.25) is 4.79 Å². The van der Waals surface area contributed by atoms with Crippen molar-refractivity contribution in [1.29, 1.82) is 0 Å². The summed E-state index contributed by atoms with van der Waals surface area (Å²) in [4.78, 5) is 14.5. The molecule has 4 N–H and O–H groups in total. The minimum atomic E-state index is -0.579. The number of nitrogens with two attached hydrogens (primary N) is 1. The molecule has 1 aliphatic heterocycles. The minimum absolute atomic E-state index is 0.0308. The highest BCUT2D eigenvalue weighted by Crippen LogP contribution is 2.38. The molecular weight excluding hydrogens is 471 g/mol. The highest BCUT2D eigenvalue weighted by atomic mass is 79.9. The maximum Gasteiger partial charge on any atom is 0.250 e. The van der Waals surface area contributed by atoms with Crippen LogP contribution in [0.1, 0.15) is 24.2 Å². The van der Waals surface area contributed by atoms with Gasteiger partial charge in [0, 0.05) is 35.2 Å². The number of amides is 1. The van der Waals surface area contributed by atoms with Crippen molar-refractivity contribution in [2.45, 2.75) is 19.4 Å². The first kappa shape index (κ1) is 22.3. The molecule has 1 heterocycles. The summed E-state index contributed by atoms with van der Waals surface area (Å²) in [6.45, 7) is 7.11. The molecule has 0 aromatic heterocycles. The Bertz CT molecular complexity index is 1160. The topological polar surface area (TPSA) is 70.4 Å². The molecule has 1 fully saturated rings. The molecule has 0 atom stereocenters. The lowest BCUT2D eigenvalue weighted by Gasteiger charge is -2.40. The molecule has 3 aromatic carbocycles. The van der Waals surface area contributed by atoms with Crippen LogP contribution in [0.5, 0.6) is 0 Å². The van der Waals surface area contributed by atoms with E-state index < -0.39 is 11.7 Å². The largest absolute Gasteiger partial charge is 0.368 e. The second kappa shape index (κ2) is 8.92. The second-order valence-electron chi connectivity index (χ2n) is 8.60. The molecule has 7 heteroatoms. The molecule has 0 spiro atoms. The molecule has 3 aromatic rings. The maximum atomic E-state index is 14.3. The number of nitrogens with zero attached hydrogens (tertiary/aromatic N) is 1. The number of carbonyl (C=O) groups excluding carboxylic acids is 1. The fraction of sp³-hybridized carbons (Fsp3) is 0.240. The predicted octanol–water partition coefficient (Wildman–Crippen LogP) is 5.29. The second-order valence-corrected chi connectivity index (χ2v) is 9.45. The zero-order valence-electron chi connectivity index (χ0n) is 18.1. The van der Waals surface area contributed by atoms with Crippen molar-refractivity contribution in [1.82, 2.24) is 5.32 Å². The molecule has 1 amide bonds. The molecule has 4 rings (SSSR count). The third-order valence-corrected chi connectivity index (χ3v) is 6.27. The van der Waals surface area contributed by atoms with Crippen LogP contribution in [-0.2, 0) is 0 Å². The summed E-state index contributed by atoms with van der Waals surface area (Å²) in [6, 6.07) is 17.8. The summed E-state index contributed by atoms with van der Waals surface area (Å²) >= 11 is 3.73. The molecule has 0 aliphatic carbocycles. The van der Waals surface area contributed by atoms with Gasteiger partial charge in [0.05, 0.1) is 22.6 Å². The summed E-state index contributed by atoms with van der Waals surface area (Å²) in [7, 11) is 0. The lowest BCUT2D eigenvalue weighted by Crippen LogP contribution is -2.57. The fourth-order valence-corrected chi connectivity index (χ4v) is 4.74. The quantitative estimate of drug-likeness (QED) is 0.448. The van der Waals surface area contributed by atoms with Gasteiger partial charge in [0.25, 0.3) is 5.91 Å². The van der Waals surface area contributed by atoms with E-state index in [0.29, 0.717) is 11.3 Å². The highest BCUT2D eigenvalue weighted by molar-refractivity contribution is 9.10. The first-order valence-corrected chi connectivity index (χ1v) is 11.3. The van der Waals surface area contributed by atoms with Gasteiger partial charge >= 0.3 is 0 Å². The Morgan fingerprint density at radius 2 is 1.94 bits per heavy atom. The van der Waals surface area contributed by atoms with Crippen molar-refractivity contribution in [2.24, 2.45) is 5.73 Å². The van der Waals surface area contributed by atoms with E-state index in [2.05, 4.69) is 51.4 Å². The number of hydrogen-bond acceptors (Lipinski definition) is 4. The molecule has 32 heavy (non-hydrogen) atoms. The number of hydrogen-bond donors (Lipinski definition) is 3. The average Bonchev–Trinajstić information content (AvgIpc) is 2.74. The summed E-state index contributed by atoms with van der Waals surface area (Å²) in [5, 5.41) is 6.61. The molecule has 0 bridgehead atoms. The van der Waals surface area contributed by atoms with Crippen LogP contribution in [0, 0.1) is 5.82 Å². The van der Waals surface area contributed by atoms with Crippen molar-refractivity contribution >= 4 is 38.9 Å². The summed E-state index contributed by atoms with van der Waals surface area (Å²) in [5.74, 6) is -0.986. The zero-order valence-corrected chi connectivity index (χ0v) is 19.7. The van der Waals surface area contributed by atoms with Gasteiger partial charge in [0.1, 0.15) is 5.82 Å². The maximum absolute atomic E-state index is 14.3. The molecule has 0 unspecified atom stereocenters. The van der Waals surface area contributed by atoms with Gasteiger partial charge in [0.15, 0.2) is 0 Å². The van der Waals surface area contributed by atoms with Crippen LogP contribution >= 0.6 is 15.9 Å². The van der Waals surface area contributed by atoms with Crippen molar-refractivity contribution in [3.8, 4) is 11.1 Å². The van der Waals surface area contributed by atoms with Gasteiger partial charge in [-0.05, 0) is 65.7 Å². The number of primary amides is 1. The van der Waals surface area contributed by atoms with E-state index >= 15 is 0 Å². The number of para-hydroxylation sites is 2. The van der Waals surface area contributed by atoms with E-state index in [4.69, 9.17) is 5.73 Å². The Kier molecular flexibility index (Phi) is 6.22. The van der Waals surface area contributed by atoms with Crippen LogP contribution < -0.4 is 21.3 Å². The summed E-state index contributed by atoms with van der Waals surface area (Å²) in [5.41, 5.74) is 9.48. The third kappa shape index (κ3) is 4.64. The van der Waals surface area contributed by atoms with E-state index in [0.717, 1.165) is 40.9 Å². The van der Waals surface area contributed by atoms with Crippen LogP contribution in [0.2, 0.25) is 0 Å². The molecule has 5 nitrogen and oxygen atoms in total. The van der Waals surface area contributed by atoms with Gasteiger partial charge in [-0.25, -0.2) is 4.39 Å². The van der Waals surface area contributed by atoms with Gasteiger partial charge in [-0.2, -0.15) is 0 Å². The van der Waals surface area contributed by atoms with Gasteiger partial charge in [-0.15, -0.1) is 0 Å². The first-order valence-electron chi connectivity index (χ1n) is 10.5. The number of nitrogens with one attached hydrogen (secondary N) is 2. The Morgan fingerprint density at radius 1 is 1.16 bits per heavy atom. The first-order chi connectivity index (χ1) is 15.2. The summed E-state index contributed by atoms with van der Waals surface area (Å²) in [6.07, 6.45) is 0. The molecule has 166 valence electrons. The fourth-order valence-electron chi connectivity index (χ4n) is 4.11. The molecule has 1 saturated heterocycles. The minimum Gasteiger partial charge on any atom is -0.368 e. The van der Waals surface area contributed by atoms with Crippen LogP contribution in [0.15, 0.2) is 65.1 Å². The molecule has 0 saturated carbocycles. The predicted molar refractivity (Wildman–Crippen MR) is 132 cm³/mol. The van der Waals surface area contributed by atoms with Crippen molar-refractivity contribution in [3.05, 3.63) is 76.5 Å².